The maximum absolute atomic E-state index is 11.7. The van der Waals surface area contributed by atoms with Gasteiger partial charge in [-0.3, -0.25) is 4.79 Å². The first-order valence-electron chi connectivity index (χ1n) is 4.88. The van der Waals surface area contributed by atoms with Gasteiger partial charge in [-0.15, -0.1) is 0 Å². The zero-order chi connectivity index (χ0) is 11.9. The van der Waals surface area contributed by atoms with Gasteiger partial charge in [-0.2, -0.15) is 0 Å². The summed E-state index contributed by atoms with van der Waals surface area (Å²) >= 11 is 11.8. The van der Waals surface area contributed by atoms with Gasteiger partial charge >= 0.3 is 0 Å². The number of hydrogen-bond donors (Lipinski definition) is 1. The van der Waals surface area contributed by atoms with Gasteiger partial charge < -0.3 is 4.98 Å². The molecule has 0 aliphatic heterocycles. The van der Waals surface area contributed by atoms with E-state index < -0.39 is 0 Å². The smallest absolute Gasteiger partial charge is 0.270 e. The fourth-order valence-corrected chi connectivity index (χ4v) is 1.87. The third-order valence-electron chi connectivity index (χ3n) is 2.33. The fraction of sp³-hybridized carbons (Fsp3) is 0.273. The molecule has 0 saturated heterocycles. The molecule has 2 aromatic rings. The molecule has 0 spiro atoms. The summed E-state index contributed by atoms with van der Waals surface area (Å²) in [5.41, 5.74) is 1.43. The summed E-state index contributed by atoms with van der Waals surface area (Å²) in [6.07, 6.45) is 0. The van der Waals surface area contributed by atoms with Crippen LogP contribution < -0.4 is 5.56 Å². The summed E-state index contributed by atoms with van der Waals surface area (Å²) < 4.78 is 0. The molecule has 0 unspecified atom stereocenters. The van der Waals surface area contributed by atoms with Gasteiger partial charge in [0, 0.05) is 5.92 Å². The van der Waals surface area contributed by atoms with Crippen LogP contribution in [-0.4, -0.2) is 9.97 Å². The van der Waals surface area contributed by atoms with Crippen molar-refractivity contribution in [3.05, 3.63) is 38.2 Å². The second-order valence-corrected chi connectivity index (χ2v) is 4.65. The van der Waals surface area contributed by atoms with Crippen molar-refractivity contribution in [1.29, 1.82) is 0 Å². The number of H-pyrrole nitrogens is 1. The molecule has 5 heteroatoms. The highest BCUT2D eigenvalue weighted by atomic mass is 35.5. The molecular formula is C11H10Cl2N2O. The Kier molecular flexibility index (Phi) is 2.91. The molecule has 0 saturated carbocycles. The lowest BCUT2D eigenvalue weighted by atomic mass is 10.1. The van der Waals surface area contributed by atoms with Gasteiger partial charge in [0.25, 0.3) is 5.56 Å². The van der Waals surface area contributed by atoms with E-state index in [9.17, 15) is 4.79 Å². The Balaban J connectivity index is 2.84. The van der Waals surface area contributed by atoms with E-state index in [1.54, 1.807) is 12.1 Å². The number of rotatable bonds is 1. The van der Waals surface area contributed by atoms with Crippen molar-refractivity contribution in [2.75, 3.05) is 0 Å². The molecule has 1 aromatic carbocycles. The van der Waals surface area contributed by atoms with Crippen LogP contribution in [0.2, 0.25) is 10.0 Å². The van der Waals surface area contributed by atoms with Crippen LogP contribution in [0.5, 0.6) is 0 Å². The van der Waals surface area contributed by atoms with Gasteiger partial charge in [-0.25, -0.2) is 4.98 Å². The van der Waals surface area contributed by atoms with Crippen LogP contribution >= 0.6 is 23.2 Å². The molecule has 0 amide bonds. The van der Waals surface area contributed by atoms with E-state index in [1.165, 1.54) is 0 Å². The third-order valence-corrected chi connectivity index (χ3v) is 3.14. The Bertz CT molecular complexity index is 605. The summed E-state index contributed by atoms with van der Waals surface area (Å²) in [5, 5.41) is 0.739. The van der Waals surface area contributed by atoms with Crippen LogP contribution in [0.25, 0.3) is 11.0 Å². The topological polar surface area (TPSA) is 45.8 Å². The van der Waals surface area contributed by atoms with Crippen LogP contribution in [-0.2, 0) is 0 Å². The average molecular weight is 257 g/mol. The quantitative estimate of drug-likeness (QED) is 0.851. The minimum Gasteiger partial charge on any atom is -0.318 e. The van der Waals surface area contributed by atoms with Crippen molar-refractivity contribution in [2.24, 2.45) is 0 Å². The molecule has 1 heterocycles. The average Bonchev–Trinajstić information content (AvgIpc) is 2.23. The Morgan fingerprint density at radius 2 is 2.00 bits per heavy atom. The molecule has 0 aliphatic carbocycles. The first-order valence-corrected chi connectivity index (χ1v) is 5.64. The minimum absolute atomic E-state index is 0.0719. The Labute approximate surface area is 102 Å². The van der Waals surface area contributed by atoms with E-state index in [4.69, 9.17) is 23.2 Å². The molecule has 0 bridgehead atoms. The van der Waals surface area contributed by atoms with Crippen molar-refractivity contribution in [3.63, 3.8) is 0 Å². The van der Waals surface area contributed by atoms with E-state index in [1.807, 2.05) is 13.8 Å². The van der Waals surface area contributed by atoms with Crippen molar-refractivity contribution < 1.29 is 0 Å². The summed E-state index contributed by atoms with van der Waals surface area (Å²) in [4.78, 5) is 18.7. The highest BCUT2D eigenvalue weighted by Gasteiger charge is 2.11. The van der Waals surface area contributed by atoms with E-state index in [2.05, 4.69) is 9.97 Å². The molecule has 0 aliphatic rings. The van der Waals surface area contributed by atoms with Gasteiger partial charge in [0.1, 0.15) is 5.69 Å². The van der Waals surface area contributed by atoms with Crippen molar-refractivity contribution in [1.82, 2.24) is 9.97 Å². The van der Waals surface area contributed by atoms with Crippen LogP contribution in [0.3, 0.4) is 0 Å². The molecule has 0 radical (unpaired) electrons. The molecule has 2 rings (SSSR count). The largest absolute Gasteiger partial charge is 0.318 e. The first kappa shape index (κ1) is 11.4. The third kappa shape index (κ3) is 1.81. The van der Waals surface area contributed by atoms with Crippen LogP contribution in [0.1, 0.15) is 25.5 Å². The predicted molar refractivity (Wildman–Crippen MR) is 66.5 cm³/mol. The zero-order valence-corrected chi connectivity index (χ0v) is 10.4. The summed E-state index contributed by atoms with van der Waals surface area (Å²) in [5.74, 6) is 0.0719. The second kappa shape index (κ2) is 4.07. The molecule has 1 aromatic heterocycles. The number of aromatic nitrogens is 2. The minimum atomic E-state index is -0.216. The summed E-state index contributed by atoms with van der Waals surface area (Å²) in [7, 11) is 0. The van der Waals surface area contributed by atoms with E-state index in [0.29, 0.717) is 26.8 Å². The number of nitrogens with one attached hydrogen (secondary N) is 1. The number of benzene rings is 1. The van der Waals surface area contributed by atoms with Gasteiger partial charge in [-0.05, 0) is 12.1 Å². The van der Waals surface area contributed by atoms with Crippen LogP contribution in [0.4, 0.5) is 0 Å². The molecular weight excluding hydrogens is 247 g/mol. The highest BCUT2D eigenvalue weighted by molar-refractivity contribution is 6.44. The standard InChI is InChI=1S/C11H10Cl2N2O/c1-5(2)9-11(16)15-10-7(14-9)4-3-6(12)8(10)13/h3-5H,1-2H3,(H,15,16). The number of aromatic amines is 1. The fourth-order valence-electron chi connectivity index (χ4n) is 1.50. The normalized spacial score (nSPS) is 11.3. The zero-order valence-electron chi connectivity index (χ0n) is 8.84. The van der Waals surface area contributed by atoms with Crippen LogP contribution in [0, 0.1) is 0 Å². The SMILES string of the molecule is CC(C)c1nc2ccc(Cl)c(Cl)c2[nH]c1=O. The van der Waals surface area contributed by atoms with Crippen molar-refractivity contribution >= 4 is 34.2 Å². The maximum Gasteiger partial charge on any atom is 0.270 e. The molecule has 16 heavy (non-hydrogen) atoms. The van der Waals surface area contributed by atoms with Crippen molar-refractivity contribution in [3.8, 4) is 0 Å². The summed E-state index contributed by atoms with van der Waals surface area (Å²) in [6.45, 7) is 3.84. The molecule has 0 fully saturated rings. The number of halogens is 2. The molecule has 84 valence electrons. The Morgan fingerprint density at radius 3 is 2.62 bits per heavy atom. The number of fused-ring (bicyclic) bond motifs is 1. The van der Waals surface area contributed by atoms with E-state index in [-0.39, 0.29) is 11.5 Å². The summed E-state index contributed by atoms with van der Waals surface area (Å²) in [6, 6.07) is 3.41. The van der Waals surface area contributed by atoms with E-state index >= 15 is 0 Å². The highest BCUT2D eigenvalue weighted by Crippen LogP contribution is 2.28. The number of hydrogen-bond acceptors (Lipinski definition) is 2. The van der Waals surface area contributed by atoms with Crippen LogP contribution in [0.15, 0.2) is 16.9 Å². The lowest BCUT2D eigenvalue weighted by Gasteiger charge is -2.06. The Morgan fingerprint density at radius 1 is 1.31 bits per heavy atom. The van der Waals surface area contributed by atoms with E-state index in [0.717, 1.165) is 0 Å². The predicted octanol–water partition coefficient (Wildman–Crippen LogP) is 3.35. The number of nitrogens with zero attached hydrogens (tertiary/aromatic N) is 1. The Hall–Kier alpha value is -1.06. The monoisotopic (exact) mass is 256 g/mol. The maximum atomic E-state index is 11.7. The first-order chi connectivity index (χ1) is 7.50. The lowest BCUT2D eigenvalue weighted by molar-refractivity contribution is 0.807. The second-order valence-electron chi connectivity index (χ2n) is 3.86. The molecule has 0 atom stereocenters. The van der Waals surface area contributed by atoms with Gasteiger partial charge in [0.05, 0.1) is 21.1 Å². The van der Waals surface area contributed by atoms with Gasteiger partial charge in [-0.1, -0.05) is 37.0 Å². The van der Waals surface area contributed by atoms with Crippen molar-refractivity contribution in [2.45, 2.75) is 19.8 Å². The van der Waals surface area contributed by atoms with Gasteiger partial charge in [0.15, 0.2) is 0 Å². The molecule has 1 N–H and O–H groups in total. The lowest BCUT2D eigenvalue weighted by Crippen LogP contribution is -2.16. The molecule has 3 nitrogen and oxygen atoms in total. The van der Waals surface area contributed by atoms with Gasteiger partial charge in [0.2, 0.25) is 0 Å².